The normalized spacial score (nSPS) is 11.6. The van der Waals surface area contributed by atoms with Crippen molar-refractivity contribution in [3.05, 3.63) is 59.7 Å². The van der Waals surface area contributed by atoms with Crippen LogP contribution in [0.15, 0.2) is 42.5 Å². The van der Waals surface area contributed by atoms with Gasteiger partial charge in [0.2, 0.25) is 5.91 Å². The van der Waals surface area contributed by atoms with Crippen LogP contribution in [0.2, 0.25) is 0 Å². The second-order valence-corrected chi connectivity index (χ2v) is 6.34. The van der Waals surface area contributed by atoms with Crippen LogP contribution >= 0.6 is 0 Å². The quantitative estimate of drug-likeness (QED) is 0.599. The van der Waals surface area contributed by atoms with Crippen molar-refractivity contribution in [2.24, 2.45) is 0 Å². The average molecular weight is 392 g/mol. The number of benzene rings is 2. The van der Waals surface area contributed by atoms with Crippen LogP contribution in [0.5, 0.6) is 5.75 Å². The number of likely N-dealkylation sites (N-methyl/N-ethyl adjacent to an activating group) is 1. The predicted octanol–water partition coefficient (Wildman–Crippen LogP) is 1.13. The molecule has 0 aromatic heterocycles. The number of carbonyl (C=O) groups excluding carboxylic acids is 2. The molecule has 0 saturated heterocycles. The van der Waals surface area contributed by atoms with Gasteiger partial charge in [-0.2, -0.15) is 0 Å². The largest absolute Gasteiger partial charge is 0.494 e. The lowest BCUT2D eigenvalue weighted by Gasteiger charge is -2.14. The van der Waals surface area contributed by atoms with E-state index in [-0.39, 0.29) is 24.7 Å². The molecule has 6 nitrogen and oxygen atoms in total. The van der Waals surface area contributed by atoms with E-state index in [9.17, 15) is 18.4 Å². The first-order valence-corrected chi connectivity index (χ1v) is 8.92. The summed E-state index contributed by atoms with van der Waals surface area (Å²) in [4.78, 5) is 24.8. The molecule has 0 fully saturated rings. The van der Waals surface area contributed by atoms with Crippen molar-refractivity contribution < 1.29 is 28.0 Å². The van der Waals surface area contributed by atoms with Crippen molar-refractivity contribution >= 4 is 17.5 Å². The van der Waals surface area contributed by atoms with Gasteiger partial charge in [-0.1, -0.05) is 0 Å². The van der Waals surface area contributed by atoms with Crippen LogP contribution in [0.25, 0.3) is 0 Å². The van der Waals surface area contributed by atoms with E-state index in [1.165, 1.54) is 6.07 Å². The van der Waals surface area contributed by atoms with Crippen LogP contribution < -0.4 is 20.3 Å². The number of quaternary nitrogens is 1. The van der Waals surface area contributed by atoms with Gasteiger partial charge in [-0.15, -0.1) is 0 Å². The molecule has 3 N–H and O–H groups in total. The topological polar surface area (TPSA) is 71.9 Å². The van der Waals surface area contributed by atoms with E-state index >= 15 is 0 Å². The monoisotopic (exact) mass is 392 g/mol. The Morgan fingerprint density at radius 3 is 2.39 bits per heavy atom. The second kappa shape index (κ2) is 10.4. The van der Waals surface area contributed by atoms with Crippen LogP contribution in [0.1, 0.15) is 12.5 Å². The van der Waals surface area contributed by atoms with Gasteiger partial charge >= 0.3 is 0 Å². The Morgan fingerprint density at radius 2 is 1.75 bits per heavy atom. The molecule has 0 saturated carbocycles. The summed E-state index contributed by atoms with van der Waals surface area (Å²) >= 11 is 0. The van der Waals surface area contributed by atoms with Crippen molar-refractivity contribution in [1.29, 1.82) is 0 Å². The van der Waals surface area contributed by atoms with E-state index in [0.717, 1.165) is 28.3 Å². The van der Waals surface area contributed by atoms with Gasteiger partial charge in [0.15, 0.2) is 18.2 Å². The highest BCUT2D eigenvalue weighted by atomic mass is 19.2. The molecule has 0 aliphatic heterocycles. The zero-order chi connectivity index (χ0) is 20.5. The minimum Gasteiger partial charge on any atom is -0.494 e. The fourth-order valence-corrected chi connectivity index (χ4v) is 2.58. The second-order valence-electron chi connectivity index (χ2n) is 6.34. The number of carbonyl (C=O) groups is 2. The van der Waals surface area contributed by atoms with Crippen LogP contribution in [-0.2, 0) is 16.1 Å². The van der Waals surface area contributed by atoms with E-state index in [4.69, 9.17) is 4.74 Å². The van der Waals surface area contributed by atoms with Crippen LogP contribution in [0, 0.1) is 11.6 Å². The summed E-state index contributed by atoms with van der Waals surface area (Å²) < 4.78 is 31.4. The maximum atomic E-state index is 13.1. The van der Waals surface area contributed by atoms with Crippen LogP contribution in [0.4, 0.5) is 14.5 Å². The molecule has 2 rings (SSSR count). The summed E-state index contributed by atoms with van der Waals surface area (Å²) in [6.07, 6.45) is 0. The molecule has 150 valence electrons. The lowest BCUT2D eigenvalue weighted by atomic mass is 10.2. The Hall–Kier alpha value is -3.00. The summed E-state index contributed by atoms with van der Waals surface area (Å²) in [6.45, 7) is 3.09. The summed E-state index contributed by atoms with van der Waals surface area (Å²) in [5.41, 5.74) is 1.18. The fourth-order valence-electron chi connectivity index (χ4n) is 2.58. The molecular weight excluding hydrogens is 368 g/mol. The number of anilines is 1. The van der Waals surface area contributed by atoms with Crippen molar-refractivity contribution in [3.63, 3.8) is 0 Å². The third-order valence-corrected chi connectivity index (χ3v) is 3.85. The third kappa shape index (κ3) is 6.96. The molecule has 2 aromatic rings. The van der Waals surface area contributed by atoms with Gasteiger partial charge in [0.1, 0.15) is 12.3 Å². The number of ether oxygens (including phenoxy) is 1. The number of nitrogens with one attached hydrogen (secondary N) is 3. The number of rotatable bonds is 9. The SMILES string of the molecule is CCOc1ccc(C[NH+](C)CC(=O)NCC(=O)Nc2ccc(F)c(F)c2)cc1. The van der Waals surface area contributed by atoms with Gasteiger partial charge in [-0.05, 0) is 43.3 Å². The Balaban J connectivity index is 1.73. The fraction of sp³-hybridized carbons (Fsp3) is 0.300. The van der Waals surface area contributed by atoms with Crippen molar-refractivity contribution in [3.8, 4) is 5.75 Å². The van der Waals surface area contributed by atoms with Gasteiger partial charge in [0, 0.05) is 17.3 Å². The van der Waals surface area contributed by atoms with Gasteiger partial charge < -0.3 is 20.3 Å². The zero-order valence-electron chi connectivity index (χ0n) is 15.9. The Bertz CT molecular complexity index is 813. The molecule has 0 aliphatic carbocycles. The number of halogens is 2. The van der Waals surface area contributed by atoms with Gasteiger partial charge in [-0.25, -0.2) is 8.78 Å². The summed E-state index contributed by atoms with van der Waals surface area (Å²) in [6, 6.07) is 10.7. The van der Waals surface area contributed by atoms with Crippen LogP contribution in [-0.4, -0.2) is 38.6 Å². The van der Waals surface area contributed by atoms with Crippen molar-refractivity contribution in [2.45, 2.75) is 13.5 Å². The smallest absolute Gasteiger partial charge is 0.275 e. The highest BCUT2D eigenvalue weighted by Gasteiger charge is 2.13. The molecule has 8 heteroatoms. The lowest BCUT2D eigenvalue weighted by molar-refractivity contribution is -0.885. The Morgan fingerprint density at radius 1 is 1.04 bits per heavy atom. The molecule has 1 atom stereocenters. The van der Waals surface area contributed by atoms with Crippen LogP contribution in [0.3, 0.4) is 0 Å². The molecule has 28 heavy (non-hydrogen) atoms. The average Bonchev–Trinajstić information content (AvgIpc) is 2.65. The van der Waals surface area contributed by atoms with Crippen molar-refractivity contribution in [2.75, 3.05) is 32.1 Å². The highest BCUT2D eigenvalue weighted by Crippen LogP contribution is 2.13. The Kier molecular flexibility index (Phi) is 7.88. The molecule has 0 heterocycles. The molecule has 0 radical (unpaired) electrons. The summed E-state index contributed by atoms with van der Waals surface area (Å²) in [5.74, 6) is -2.06. The molecule has 2 amide bonds. The summed E-state index contributed by atoms with van der Waals surface area (Å²) in [5, 5.41) is 4.91. The first kappa shape index (κ1) is 21.3. The minimum atomic E-state index is -1.05. The van der Waals surface area contributed by atoms with E-state index in [1.807, 2.05) is 38.2 Å². The van der Waals surface area contributed by atoms with E-state index in [1.54, 1.807) is 0 Å². The van der Waals surface area contributed by atoms with Crippen molar-refractivity contribution in [1.82, 2.24) is 5.32 Å². The van der Waals surface area contributed by atoms with Gasteiger partial charge in [0.25, 0.3) is 5.91 Å². The van der Waals surface area contributed by atoms with E-state index < -0.39 is 17.5 Å². The molecule has 1 unspecified atom stereocenters. The summed E-state index contributed by atoms with van der Waals surface area (Å²) in [7, 11) is 1.87. The number of hydrogen-bond acceptors (Lipinski definition) is 3. The first-order chi connectivity index (χ1) is 13.4. The highest BCUT2D eigenvalue weighted by molar-refractivity contribution is 5.94. The number of amides is 2. The van der Waals surface area contributed by atoms with Gasteiger partial charge in [0.05, 0.1) is 20.2 Å². The lowest BCUT2D eigenvalue weighted by Crippen LogP contribution is -3.08. The van der Waals surface area contributed by atoms with Gasteiger partial charge in [-0.3, -0.25) is 9.59 Å². The van der Waals surface area contributed by atoms with E-state index in [0.29, 0.717) is 13.2 Å². The molecule has 0 aliphatic rings. The zero-order valence-corrected chi connectivity index (χ0v) is 15.9. The number of hydrogen-bond donors (Lipinski definition) is 3. The van der Waals surface area contributed by atoms with E-state index in [2.05, 4.69) is 10.6 Å². The molecular formula is C20H24F2N3O3+. The Labute approximate surface area is 162 Å². The predicted molar refractivity (Wildman–Crippen MR) is 101 cm³/mol. The maximum absolute atomic E-state index is 13.1. The third-order valence-electron chi connectivity index (χ3n) is 3.85. The molecule has 0 bridgehead atoms. The maximum Gasteiger partial charge on any atom is 0.275 e. The first-order valence-electron chi connectivity index (χ1n) is 8.92. The molecule has 0 spiro atoms. The minimum absolute atomic E-state index is 0.122. The molecule has 2 aromatic carbocycles. The standard InChI is InChI=1S/C20H23F2N3O3/c1-3-28-16-7-4-14(5-8-16)12-25(2)13-20(27)23-11-19(26)24-15-6-9-17(21)18(22)10-15/h4-10H,3,11-13H2,1-2H3,(H,23,27)(H,24,26)/p+1.